The Bertz CT molecular complexity index is 716. The molecule has 23 heavy (non-hydrogen) atoms. The standard InChI is InChI=1S/C14H13F3N2O3S/c1-19(12(20)14(15,16)17)13-18-10(7-23-13)9-6-8(21-2)4-5-11(9)22-3/h4-7H,1-3H3. The molecule has 0 unspecified atom stereocenters. The van der Waals surface area contributed by atoms with Crippen LogP contribution in [0.3, 0.4) is 0 Å². The second kappa shape index (κ2) is 6.45. The molecule has 2 rings (SSSR count). The highest BCUT2D eigenvalue weighted by Crippen LogP contribution is 2.36. The van der Waals surface area contributed by atoms with Crippen molar-refractivity contribution < 1.29 is 27.4 Å². The van der Waals surface area contributed by atoms with Crippen molar-refractivity contribution in [3.8, 4) is 22.8 Å². The maximum atomic E-state index is 12.5. The number of nitrogens with zero attached hydrogens (tertiary/aromatic N) is 2. The van der Waals surface area contributed by atoms with Gasteiger partial charge in [0.1, 0.15) is 11.5 Å². The normalized spacial score (nSPS) is 11.2. The Hall–Kier alpha value is -2.29. The molecule has 0 atom stereocenters. The van der Waals surface area contributed by atoms with Gasteiger partial charge in [-0.3, -0.25) is 9.69 Å². The van der Waals surface area contributed by atoms with Crippen molar-refractivity contribution >= 4 is 22.4 Å². The Morgan fingerprint density at radius 3 is 2.52 bits per heavy atom. The number of methoxy groups -OCH3 is 2. The van der Waals surface area contributed by atoms with Crippen LogP contribution >= 0.6 is 11.3 Å². The van der Waals surface area contributed by atoms with Gasteiger partial charge in [-0.15, -0.1) is 11.3 Å². The summed E-state index contributed by atoms with van der Waals surface area (Å²) in [6.45, 7) is 0. The molecule has 0 aliphatic heterocycles. The van der Waals surface area contributed by atoms with E-state index < -0.39 is 12.1 Å². The van der Waals surface area contributed by atoms with Crippen LogP contribution in [0.5, 0.6) is 11.5 Å². The van der Waals surface area contributed by atoms with Gasteiger partial charge in [0.2, 0.25) is 0 Å². The van der Waals surface area contributed by atoms with Crippen LogP contribution in [0.2, 0.25) is 0 Å². The number of carbonyl (C=O) groups is 1. The van der Waals surface area contributed by atoms with E-state index >= 15 is 0 Å². The summed E-state index contributed by atoms with van der Waals surface area (Å²) in [5.41, 5.74) is 0.949. The molecule has 0 aliphatic carbocycles. The highest BCUT2D eigenvalue weighted by atomic mass is 32.1. The molecule has 0 aliphatic rings. The van der Waals surface area contributed by atoms with Gasteiger partial charge in [0.05, 0.1) is 19.9 Å². The van der Waals surface area contributed by atoms with E-state index in [1.54, 1.807) is 23.6 Å². The summed E-state index contributed by atoms with van der Waals surface area (Å²) in [5.74, 6) is -0.932. The van der Waals surface area contributed by atoms with E-state index in [1.165, 1.54) is 14.2 Å². The van der Waals surface area contributed by atoms with Gasteiger partial charge in [0, 0.05) is 18.0 Å². The molecule has 0 N–H and O–H groups in total. The number of thiazole rings is 1. The van der Waals surface area contributed by atoms with E-state index in [4.69, 9.17) is 9.47 Å². The molecule has 5 nitrogen and oxygen atoms in total. The van der Waals surface area contributed by atoms with Gasteiger partial charge in [-0.1, -0.05) is 0 Å². The third-order valence-corrected chi connectivity index (χ3v) is 3.93. The summed E-state index contributed by atoms with van der Waals surface area (Å²) in [6.07, 6.45) is -4.95. The van der Waals surface area contributed by atoms with Gasteiger partial charge in [0.25, 0.3) is 0 Å². The molecule has 1 heterocycles. The van der Waals surface area contributed by atoms with Crippen LogP contribution < -0.4 is 14.4 Å². The number of rotatable bonds is 4. The predicted octanol–water partition coefficient (Wildman–Crippen LogP) is 3.35. The maximum absolute atomic E-state index is 12.5. The molecule has 9 heteroatoms. The van der Waals surface area contributed by atoms with E-state index in [0.717, 1.165) is 18.4 Å². The van der Waals surface area contributed by atoms with Gasteiger partial charge in [0.15, 0.2) is 5.13 Å². The van der Waals surface area contributed by atoms with E-state index in [9.17, 15) is 18.0 Å². The number of hydrogen-bond acceptors (Lipinski definition) is 5. The second-order valence-corrected chi connectivity index (χ2v) is 5.28. The number of halogens is 3. The largest absolute Gasteiger partial charge is 0.497 e. The summed E-state index contributed by atoms with van der Waals surface area (Å²) < 4.78 is 47.8. The predicted molar refractivity (Wildman–Crippen MR) is 80.1 cm³/mol. The van der Waals surface area contributed by atoms with Gasteiger partial charge in [-0.25, -0.2) is 4.98 Å². The highest BCUT2D eigenvalue weighted by molar-refractivity contribution is 7.14. The van der Waals surface area contributed by atoms with Crippen molar-refractivity contribution in [1.29, 1.82) is 0 Å². The van der Waals surface area contributed by atoms with Crippen molar-refractivity contribution in [2.75, 3.05) is 26.2 Å². The topological polar surface area (TPSA) is 51.7 Å². The number of hydrogen-bond donors (Lipinski definition) is 0. The Balaban J connectivity index is 2.38. The lowest BCUT2D eigenvalue weighted by Gasteiger charge is -2.15. The van der Waals surface area contributed by atoms with Crippen LogP contribution in [0.25, 0.3) is 11.3 Å². The second-order valence-electron chi connectivity index (χ2n) is 4.44. The number of alkyl halides is 3. The number of amides is 1. The van der Waals surface area contributed by atoms with Gasteiger partial charge < -0.3 is 9.47 Å². The quantitative estimate of drug-likeness (QED) is 0.852. The van der Waals surface area contributed by atoms with E-state index in [2.05, 4.69) is 4.98 Å². The average Bonchev–Trinajstić information content (AvgIpc) is 3.01. The SMILES string of the molecule is COc1ccc(OC)c(-c2csc(N(C)C(=O)C(F)(F)F)n2)c1. The first-order valence-electron chi connectivity index (χ1n) is 6.30. The van der Waals surface area contributed by atoms with Crippen LogP contribution in [0.4, 0.5) is 18.3 Å². The molecule has 1 aromatic heterocycles. The Morgan fingerprint density at radius 2 is 1.96 bits per heavy atom. The van der Waals surface area contributed by atoms with E-state index in [1.807, 2.05) is 0 Å². The Labute approximate surface area is 134 Å². The average molecular weight is 346 g/mol. The molecule has 0 spiro atoms. The number of ether oxygens (including phenoxy) is 2. The maximum Gasteiger partial charge on any atom is 0.471 e. The molecular formula is C14H13F3N2O3S. The minimum Gasteiger partial charge on any atom is -0.497 e. The van der Waals surface area contributed by atoms with Crippen molar-refractivity contribution in [1.82, 2.24) is 4.98 Å². The zero-order valence-corrected chi connectivity index (χ0v) is 13.3. The molecule has 1 amide bonds. The summed E-state index contributed by atoms with van der Waals surface area (Å²) in [4.78, 5) is 15.8. The van der Waals surface area contributed by atoms with Crippen molar-refractivity contribution in [2.24, 2.45) is 0 Å². The third kappa shape index (κ3) is 3.55. The first-order chi connectivity index (χ1) is 10.8. The van der Waals surface area contributed by atoms with Crippen LogP contribution in [-0.4, -0.2) is 38.3 Å². The first-order valence-corrected chi connectivity index (χ1v) is 7.18. The Kier molecular flexibility index (Phi) is 4.79. The lowest BCUT2D eigenvalue weighted by molar-refractivity contribution is -0.170. The minimum absolute atomic E-state index is 0.0628. The third-order valence-electron chi connectivity index (χ3n) is 3.01. The van der Waals surface area contributed by atoms with Crippen molar-refractivity contribution in [3.05, 3.63) is 23.6 Å². The molecule has 0 saturated heterocycles. The van der Waals surface area contributed by atoms with Crippen LogP contribution in [0.1, 0.15) is 0 Å². The van der Waals surface area contributed by atoms with E-state index in [0.29, 0.717) is 27.7 Å². The summed E-state index contributed by atoms with van der Waals surface area (Å²) in [7, 11) is 3.99. The Morgan fingerprint density at radius 1 is 1.26 bits per heavy atom. The molecule has 2 aromatic rings. The molecule has 0 bridgehead atoms. The number of carbonyl (C=O) groups excluding carboxylic acids is 1. The monoisotopic (exact) mass is 346 g/mol. The lowest BCUT2D eigenvalue weighted by atomic mass is 10.1. The molecule has 1 aromatic carbocycles. The fraction of sp³-hybridized carbons (Fsp3) is 0.286. The summed E-state index contributed by atoms with van der Waals surface area (Å²) in [5, 5.41) is 1.49. The molecule has 0 fully saturated rings. The zero-order valence-electron chi connectivity index (χ0n) is 12.5. The van der Waals surface area contributed by atoms with Crippen LogP contribution in [0.15, 0.2) is 23.6 Å². The number of aromatic nitrogens is 1. The van der Waals surface area contributed by atoms with Gasteiger partial charge in [-0.05, 0) is 18.2 Å². The number of anilines is 1. The highest BCUT2D eigenvalue weighted by Gasteiger charge is 2.42. The van der Waals surface area contributed by atoms with Crippen molar-refractivity contribution in [3.63, 3.8) is 0 Å². The molecule has 124 valence electrons. The fourth-order valence-electron chi connectivity index (χ4n) is 1.83. The van der Waals surface area contributed by atoms with E-state index in [-0.39, 0.29) is 5.13 Å². The smallest absolute Gasteiger partial charge is 0.471 e. The van der Waals surface area contributed by atoms with Crippen molar-refractivity contribution in [2.45, 2.75) is 6.18 Å². The minimum atomic E-state index is -4.95. The molecular weight excluding hydrogens is 333 g/mol. The summed E-state index contributed by atoms with van der Waals surface area (Å²) in [6, 6.07) is 5.01. The first kappa shape index (κ1) is 17.1. The lowest BCUT2D eigenvalue weighted by Crippen LogP contribution is -2.38. The summed E-state index contributed by atoms with van der Waals surface area (Å²) >= 11 is 0.927. The van der Waals surface area contributed by atoms with Crippen LogP contribution in [-0.2, 0) is 4.79 Å². The van der Waals surface area contributed by atoms with Crippen LogP contribution in [0, 0.1) is 0 Å². The zero-order chi connectivity index (χ0) is 17.2. The van der Waals surface area contributed by atoms with Gasteiger partial charge >= 0.3 is 12.1 Å². The molecule has 0 radical (unpaired) electrons. The number of benzene rings is 1. The molecule has 0 saturated carbocycles. The fourth-order valence-corrected chi connectivity index (χ4v) is 2.62. The van der Waals surface area contributed by atoms with Gasteiger partial charge in [-0.2, -0.15) is 13.2 Å².